The zero-order valence-electron chi connectivity index (χ0n) is 12.5. The summed E-state index contributed by atoms with van der Waals surface area (Å²) in [5, 5.41) is 13.8. The predicted octanol–water partition coefficient (Wildman–Crippen LogP) is 3.29. The van der Waals surface area contributed by atoms with E-state index < -0.39 is 5.60 Å². The average Bonchev–Trinajstić information content (AvgIpc) is 2.51. The third-order valence-corrected chi connectivity index (χ3v) is 5.09. The van der Waals surface area contributed by atoms with Crippen molar-refractivity contribution in [1.29, 1.82) is 0 Å². The summed E-state index contributed by atoms with van der Waals surface area (Å²) in [5.74, 6) is 2.54. The van der Waals surface area contributed by atoms with Gasteiger partial charge in [-0.25, -0.2) is 0 Å². The number of hydrogen-bond donors (Lipinski definition) is 2. The molecule has 0 amide bonds. The lowest BCUT2D eigenvalue weighted by atomic mass is 9.89. The number of rotatable bonds is 6. The smallest absolute Gasteiger partial charge is 0.0833 e. The van der Waals surface area contributed by atoms with Crippen molar-refractivity contribution in [3.8, 4) is 0 Å². The van der Waals surface area contributed by atoms with Crippen LogP contribution in [0.15, 0.2) is 0 Å². The van der Waals surface area contributed by atoms with E-state index in [0.717, 1.165) is 24.1 Å². The summed E-state index contributed by atoms with van der Waals surface area (Å²) in [4.78, 5) is 0. The Morgan fingerprint density at radius 2 is 2.00 bits per heavy atom. The molecule has 1 rings (SSSR count). The fourth-order valence-corrected chi connectivity index (χ4v) is 3.65. The monoisotopic (exact) mass is 273 g/mol. The highest BCUT2D eigenvalue weighted by molar-refractivity contribution is 7.98. The molecule has 2 N–H and O–H groups in total. The Balaban J connectivity index is 2.31. The zero-order valence-corrected chi connectivity index (χ0v) is 13.4. The second-order valence-electron chi connectivity index (χ2n) is 6.52. The van der Waals surface area contributed by atoms with Crippen LogP contribution in [0.2, 0.25) is 0 Å². The fraction of sp³-hybridized carbons (Fsp3) is 1.00. The summed E-state index contributed by atoms with van der Waals surface area (Å²) in [5.41, 5.74) is -0.566. The summed E-state index contributed by atoms with van der Waals surface area (Å²) >= 11 is 1.71. The van der Waals surface area contributed by atoms with Gasteiger partial charge in [-0.05, 0) is 44.3 Å². The highest BCUT2D eigenvalue weighted by atomic mass is 32.2. The van der Waals surface area contributed by atoms with Crippen molar-refractivity contribution in [3.05, 3.63) is 0 Å². The number of nitrogens with one attached hydrogen (secondary N) is 1. The van der Waals surface area contributed by atoms with E-state index in [1.165, 1.54) is 32.1 Å². The summed E-state index contributed by atoms with van der Waals surface area (Å²) in [6.07, 6.45) is 8.67. The predicted molar refractivity (Wildman–Crippen MR) is 82.2 cm³/mol. The van der Waals surface area contributed by atoms with E-state index in [2.05, 4.69) is 19.2 Å². The molecular formula is C15H31NOS. The Labute approximate surface area is 117 Å². The SMILES string of the molecule is CSCC(C)(O)CNC1CCCC(C(C)C)CC1. The molecule has 3 unspecified atom stereocenters. The molecule has 1 saturated carbocycles. The minimum absolute atomic E-state index is 0.566. The number of aliphatic hydroxyl groups is 1. The minimum atomic E-state index is -0.566. The van der Waals surface area contributed by atoms with E-state index in [9.17, 15) is 5.11 Å². The molecule has 1 aliphatic rings. The van der Waals surface area contributed by atoms with Crippen LogP contribution in [0.4, 0.5) is 0 Å². The van der Waals surface area contributed by atoms with Gasteiger partial charge >= 0.3 is 0 Å². The van der Waals surface area contributed by atoms with E-state index in [4.69, 9.17) is 0 Å². The van der Waals surface area contributed by atoms with Crippen molar-refractivity contribution in [2.75, 3.05) is 18.6 Å². The quantitative estimate of drug-likeness (QED) is 0.728. The Morgan fingerprint density at radius 1 is 1.28 bits per heavy atom. The third kappa shape index (κ3) is 5.94. The largest absolute Gasteiger partial charge is 0.388 e. The molecule has 18 heavy (non-hydrogen) atoms. The molecule has 1 fully saturated rings. The van der Waals surface area contributed by atoms with Crippen LogP contribution < -0.4 is 5.32 Å². The molecule has 1 aliphatic carbocycles. The molecule has 0 aliphatic heterocycles. The van der Waals surface area contributed by atoms with Crippen LogP contribution in [0.1, 0.15) is 52.9 Å². The number of thioether (sulfide) groups is 1. The van der Waals surface area contributed by atoms with E-state index in [-0.39, 0.29) is 0 Å². The van der Waals surface area contributed by atoms with Crippen LogP contribution in [-0.4, -0.2) is 35.3 Å². The van der Waals surface area contributed by atoms with Crippen LogP contribution in [-0.2, 0) is 0 Å². The second kappa shape index (κ2) is 7.76. The normalized spacial score (nSPS) is 29.0. The Bertz CT molecular complexity index is 231. The highest BCUT2D eigenvalue weighted by Crippen LogP contribution is 2.28. The molecule has 0 aromatic rings. The lowest BCUT2D eigenvalue weighted by Gasteiger charge is -2.26. The first-order chi connectivity index (χ1) is 8.44. The Kier molecular flexibility index (Phi) is 7.04. The van der Waals surface area contributed by atoms with Gasteiger partial charge in [0.2, 0.25) is 0 Å². The molecule has 0 aromatic carbocycles. The minimum Gasteiger partial charge on any atom is -0.388 e. The molecule has 0 spiro atoms. The standard InChI is InChI=1S/C15H31NOS/c1-12(2)13-6-5-7-14(9-8-13)16-10-15(3,17)11-18-4/h12-14,16-17H,5-11H2,1-4H3. The molecule has 0 bridgehead atoms. The van der Waals surface area contributed by atoms with Crippen LogP contribution in [0.3, 0.4) is 0 Å². The van der Waals surface area contributed by atoms with Crippen molar-refractivity contribution in [2.24, 2.45) is 11.8 Å². The van der Waals surface area contributed by atoms with Gasteiger partial charge in [0, 0.05) is 18.3 Å². The van der Waals surface area contributed by atoms with E-state index in [1.54, 1.807) is 11.8 Å². The van der Waals surface area contributed by atoms with Gasteiger partial charge in [-0.15, -0.1) is 0 Å². The number of hydrogen-bond acceptors (Lipinski definition) is 3. The van der Waals surface area contributed by atoms with Crippen molar-refractivity contribution in [3.63, 3.8) is 0 Å². The topological polar surface area (TPSA) is 32.3 Å². The molecule has 0 saturated heterocycles. The van der Waals surface area contributed by atoms with Gasteiger partial charge in [-0.2, -0.15) is 11.8 Å². The van der Waals surface area contributed by atoms with Gasteiger partial charge in [0.1, 0.15) is 0 Å². The van der Waals surface area contributed by atoms with E-state index in [1.807, 2.05) is 13.2 Å². The highest BCUT2D eigenvalue weighted by Gasteiger charge is 2.24. The van der Waals surface area contributed by atoms with Crippen molar-refractivity contribution in [2.45, 2.75) is 64.5 Å². The first-order valence-electron chi connectivity index (χ1n) is 7.39. The zero-order chi connectivity index (χ0) is 13.6. The third-order valence-electron chi connectivity index (χ3n) is 4.18. The van der Waals surface area contributed by atoms with E-state index >= 15 is 0 Å². The van der Waals surface area contributed by atoms with Crippen molar-refractivity contribution < 1.29 is 5.11 Å². The summed E-state index contributed by atoms with van der Waals surface area (Å²) in [6.45, 7) is 7.36. The molecule has 0 heterocycles. The lowest BCUT2D eigenvalue weighted by molar-refractivity contribution is 0.0806. The first kappa shape index (κ1) is 16.3. The van der Waals surface area contributed by atoms with Crippen LogP contribution in [0.25, 0.3) is 0 Å². The molecule has 108 valence electrons. The van der Waals surface area contributed by atoms with Crippen LogP contribution >= 0.6 is 11.8 Å². The fourth-order valence-electron chi connectivity index (χ4n) is 2.93. The Morgan fingerprint density at radius 3 is 2.61 bits per heavy atom. The van der Waals surface area contributed by atoms with Gasteiger partial charge in [0.15, 0.2) is 0 Å². The maximum absolute atomic E-state index is 10.2. The maximum atomic E-state index is 10.2. The molecule has 3 atom stereocenters. The summed E-state index contributed by atoms with van der Waals surface area (Å²) in [7, 11) is 0. The first-order valence-corrected chi connectivity index (χ1v) is 8.78. The van der Waals surface area contributed by atoms with Gasteiger partial charge in [0.25, 0.3) is 0 Å². The van der Waals surface area contributed by atoms with Gasteiger partial charge in [-0.1, -0.05) is 26.7 Å². The molecule has 2 nitrogen and oxygen atoms in total. The van der Waals surface area contributed by atoms with Gasteiger partial charge in [0.05, 0.1) is 5.60 Å². The maximum Gasteiger partial charge on any atom is 0.0833 e. The molecule has 3 heteroatoms. The van der Waals surface area contributed by atoms with E-state index in [0.29, 0.717) is 6.04 Å². The molecular weight excluding hydrogens is 242 g/mol. The average molecular weight is 273 g/mol. The summed E-state index contributed by atoms with van der Waals surface area (Å²) in [6, 6.07) is 0.613. The Hall–Kier alpha value is 0.270. The second-order valence-corrected chi connectivity index (χ2v) is 7.39. The van der Waals surface area contributed by atoms with Crippen LogP contribution in [0, 0.1) is 11.8 Å². The van der Waals surface area contributed by atoms with Gasteiger partial charge < -0.3 is 10.4 Å². The van der Waals surface area contributed by atoms with Crippen molar-refractivity contribution >= 4 is 11.8 Å². The summed E-state index contributed by atoms with van der Waals surface area (Å²) < 4.78 is 0. The van der Waals surface area contributed by atoms with Crippen molar-refractivity contribution in [1.82, 2.24) is 5.32 Å². The van der Waals surface area contributed by atoms with Gasteiger partial charge in [-0.3, -0.25) is 0 Å². The van der Waals surface area contributed by atoms with Crippen LogP contribution in [0.5, 0.6) is 0 Å². The molecule has 0 radical (unpaired) electrons. The lowest BCUT2D eigenvalue weighted by Crippen LogP contribution is -2.44. The molecule has 0 aromatic heterocycles.